The molecule has 0 bridgehead atoms. The molecule has 1 unspecified atom stereocenters. The minimum absolute atomic E-state index is 0.344. The Balaban J connectivity index is 6.21. The number of allylic oxidation sites excluding steroid dienone is 2. The summed E-state index contributed by atoms with van der Waals surface area (Å²) in [7, 11) is 0. The van der Waals surface area contributed by atoms with E-state index >= 15 is 0 Å². The standard InChI is InChI=1S/C59H116N3O4/c1-11-19-23-27-31-35-45-60(17-7,18-8)48-41-51-62(49-37-33-29-25-21-13-3,50-38-34-30-26-22-14-4)57(10)44-39-42-56(9)43-40-47-61(52-54-65-58(63)15-5,53-55-66-59(64)16-6)46-36-32-28-24-20-12-2/h15-16,42,57H,5-6,11-14,17-41,43-55H2,1-4,7-10H3/q+3. The number of rotatable bonds is 50. The van der Waals surface area contributed by atoms with E-state index in [2.05, 4.69) is 74.6 Å². The molecule has 0 heterocycles. The Kier molecular flexibility index (Phi) is 41.8. The van der Waals surface area contributed by atoms with Crippen molar-refractivity contribution in [1.82, 2.24) is 0 Å². The van der Waals surface area contributed by atoms with Crippen LogP contribution in [0.15, 0.2) is 37.0 Å². The van der Waals surface area contributed by atoms with Gasteiger partial charge in [-0.15, -0.1) is 0 Å². The zero-order chi connectivity index (χ0) is 49.0. The van der Waals surface area contributed by atoms with Gasteiger partial charge in [0, 0.05) is 31.4 Å². The molecule has 0 aromatic rings. The molecule has 0 N–H and O–H groups in total. The van der Waals surface area contributed by atoms with Crippen LogP contribution in [-0.2, 0) is 19.1 Å². The fraction of sp³-hybridized carbons (Fsp3) is 0.864. The van der Waals surface area contributed by atoms with Crippen LogP contribution in [0.2, 0.25) is 0 Å². The lowest BCUT2D eigenvalue weighted by Gasteiger charge is -2.45. The van der Waals surface area contributed by atoms with Crippen molar-refractivity contribution in [1.29, 1.82) is 0 Å². The van der Waals surface area contributed by atoms with Crippen LogP contribution in [-0.4, -0.2) is 117 Å². The van der Waals surface area contributed by atoms with Crippen LogP contribution in [0.4, 0.5) is 0 Å². The van der Waals surface area contributed by atoms with Gasteiger partial charge in [0.25, 0.3) is 0 Å². The summed E-state index contributed by atoms with van der Waals surface area (Å²) in [5.74, 6) is -0.754. The van der Waals surface area contributed by atoms with Crippen LogP contribution >= 0.6 is 0 Å². The first-order valence-electron chi connectivity index (χ1n) is 28.8. The second-order valence-corrected chi connectivity index (χ2v) is 20.8. The zero-order valence-corrected chi connectivity index (χ0v) is 45.9. The SMILES string of the molecule is C=CC(=O)OCC[N+](CCCCCCCC)(CCCC(C)=CCCC(C)[N+](CCCCCCCC)(CCCCCCCC)CCC[N+](CC)(CC)CCCCCCCC)CCOC(=O)C=C. The average Bonchev–Trinajstić information content (AvgIpc) is 3.32. The normalized spacial score (nSPS) is 12.9. The van der Waals surface area contributed by atoms with Crippen molar-refractivity contribution in [2.45, 2.75) is 248 Å². The number of hydrogen-bond donors (Lipinski definition) is 0. The number of nitrogens with zero attached hydrogens (tertiary/aromatic N) is 3. The van der Waals surface area contributed by atoms with Crippen LogP contribution in [0.25, 0.3) is 0 Å². The van der Waals surface area contributed by atoms with Crippen molar-refractivity contribution in [3.05, 3.63) is 37.0 Å². The molecule has 0 saturated heterocycles. The molecule has 66 heavy (non-hydrogen) atoms. The summed E-state index contributed by atoms with van der Waals surface area (Å²) in [6.45, 7) is 39.7. The molecule has 7 heteroatoms. The number of unbranched alkanes of at least 4 members (excludes halogenated alkanes) is 20. The summed E-state index contributed by atoms with van der Waals surface area (Å²) in [4.78, 5) is 24.1. The maximum absolute atomic E-state index is 12.1. The van der Waals surface area contributed by atoms with Gasteiger partial charge in [-0.1, -0.05) is 155 Å². The molecule has 0 aliphatic heterocycles. The van der Waals surface area contributed by atoms with Gasteiger partial charge in [-0.2, -0.15) is 0 Å². The van der Waals surface area contributed by atoms with Crippen LogP contribution in [0.3, 0.4) is 0 Å². The number of ether oxygens (including phenoxy) is 2. The van der Waals surface area contributed by atoms with E-state index in [0.29, 0.717) is 32.3 Å². The molecule has 0 rings (SSSR count). The number of esters is 2. The molecular weight excluding hydrogens is 815 g/mol. The fourth-order valence-electron chi connectivity index (χ4n) is 10.7. The molecule has 0 saturated carbocycles. The smallest absolute Gasteiger partial charge is 0.330 e. The molecule has 0 spiro atoms. The van der Waals surface area contributed by atoms with Gasteiger partial charge in [-0.3, -0.25) is 0 Å². The summed E-state index contributed by atoms with van der Waals surface area (Å²) >= 11 is 0. The lowest BCUT2D eigenvalue weighted by molar-refractivity contribution is -0.959. The van der Waals surface area contributed by atoms with E-state index in [1.807, 2.05) is 0 Å². The van der Waals surface area contributed by atoms with Crippen molar-refractivity contribution >= 4 is 11.9 Å². The van der Waals surface area contributed by atoms with Crippen molar-refractivity contribution in [2.75, 3.05) is 85.2 Å². The number of quaternary nitrogens is 3. The molecule has 0 aliphatic carbocycles. The first-order valence-corrected chi connectivity index (χ1v) is 28.8. The number of carbonyl (C=O) groups is 2. The largest absolute Gasteiger partial charge is 0.457 e. The summed E-state index contributed by atoms with van der Waals surface area (Å²) in [6.07, 6.45) is 43.1. The van der Waals surface area contributed by atoms with Gasteiger partial charge in [0.15, 0.2) is 0 Å². The van der Waals surface area contributed by atoms with Gasteiger partial charge in [0.05, 0.1) is 64.9 Å². The van der Waals surface area contributed by atoms with Gasteiger partial charge in [-0.05, 0) is 91.9 Å². The molecular formula is C59H116N3O4+3. The first-order chi connectivity index (χ1) is 32.0. The van der Waals surface area contributed by atoms with Gasteiger partial charge in [0.1, 0.15) is 26.3 Å². The Labute approximate surface area is 412 Å². The van der Waals surface area contributed by atoms with E-state index in [9.17, 15) is 9.59 Å². The highest BCUT2D eigenvalue weighted by atomic mass is 16.5. The summed E-state index contributed by atoms with van der Waals surface area (Å²) in [6, 6.07) is 0.655. The highest BCUT2D eigenvalue weighted by molar-refractivity contribution is 5.81. The average molecular weight is 932 g/mol. The maximum Gasteiger partial charge on any atom is 0.330 e. The summed E-state index contributed by atoms with van der Waals surface area (Å²) in [5, 5.41) is 0. The van der Waals surface area contributed by atoms with Crippen molar-refractivity contribution < 1.29 is 32.5 Å². The zero-order valence-electron chi connectivity index (χ0n) is 45.9. The Morgan fingerprint density at radius 1 is 0.455 bits per heavy atom. The Morgan fingerprint density at radius 2 is 0.803 bits per heavy atom. The quantitative estimate of drug-likeness (QED) is 0.0201. The predicted octanol–water partition coefficient (Wildman–Crippen LogP) is 15.7. The highest BCUT2D eigenvalue weighted by Gasteiger charge is 2.34. The monoisotopic (exact) mass is 931 g/mol. The minimum Gasteiger partial charge on any atom is -0.457 e. The summed E-state index contributed by atoms with van der Waals surface area (Å²) in [5.41, 5.74) is 1.49. The summed E-state index contributed by atoms with van der Waals surface area (Å²) < 4.78 is 14.5. The molecule has 0 aromatic carbocycles. The van der Waals surface area contributed by atoms with Crippen molar-refractivity contribution in [3.8, 4) is 0 Å². The third-order valence-corrected chi connectivity index (χ3v) is 15.6. The third-order valence-electron chi connectivity index (χ3n) is 15.6. The molecule has 388 valence electrons. The van der Waals surface area contributed by atoms with E-state index in [0.717, 1.165) is 43.3 Å². The Morgan fingerprint density at radius 3 is 1.21 bits per heavy atom. The molecule has 0 radical (unpaired) electrons. The van der Waals surface area contributed by atoms with Crippen molar-refractivity contribution in [2.24, 2.45) is 0 Å². The van der Waals surface area contributed by atoms with E-state index in [1.165, 1.54) is 233 Å². The predicted molar refractivity (Wildman–Crippen MR) is 288 cm³/mol. The van der Waals surface area contributed by atoms with Crippen LogP contribution in [0, 0.1) is 0 Å². The van der Waals surface area contributed by atoms with E-state index in [-0.39, 0.29) is 11.9 Å². The lowest BCUT2D eigenvalue weighted by atomic mass is 10.0. The highest BCUT2D eigenvalue weighted by Crippen LogP contribution is 2.26. The van der Waals surface area contributed by atoms with E-state index in [1.54, 1.807) is 0 Å². The maximum atomic E-state index is 12.1. The first kappa shape index (κ1) is 64.0. The molecule has 0 aromatic heterocycles. The van der Waals surface area contributed by atoms with Crippen molar-refractivity contribution in [3.63, 3.8) is 0 Å². The number of hydrogen-bond acceptors (Lipinski definition) is 4. The van der Waals surface area contributed by atoms with E-state index < -0.39 is 0 Å². The second-order valence-electron chi connectivity index (χ2n) is 20.8. The van der Waals surface area contributed by atoms with E-state index in [4.69, 9.17) is 9.47 Å². The van der Waals surface area contributed by atoms with Gasteiger partial charge in [0.2, 0.25) is 0 Å². The lowest BCUT2D eigenvalue weighted by Crippen LogP contribution is -2.57. The molecule has 1 atom stereocenters. The third kappa shape index (κ3) is 32.0. The molecule has 0 aliphatic rings. The molecule has 0 amide bonds. The Bertz CT molecular complexity index is 1150. The topological polar surface area (TPSA) is 52.6 Å². The molecule has 7 nitrogen and oxygen atoms in total. The number of carbonyl (C=O) groups excluding carboxylic acids is 2. The van der Waals surface area contributed by atoms with Gasteiger partial charge in [-0.25, -0.2) is 9.59 Å². The second kappa shape index (κ2) is 43.1. The van der Waals surface area contributed by atoms with Gasteiger partial charge >= 0.3 is 11.9 Å². The Hall–Kier alpha value is -1.96. The van der Waals surface area contributed by atoms with Gasteiger partial charge < -0.3 is 22.9 Å². The fourth-order valence-corrected chi connectivity index (χ4v) is 10.7. The van der Waals surface area contributed by atoms with Crippen LogP contribution in [0.5, 0.6) is 0 Å². The van der Waals surface area contributed by atoms with Crippen LogP contribution in [0.1, 0.15) is 242 Å². The minimum atomic E-state index is -0.377. The molecule has 0 fully saturated rings. The van der Waals surface area contributed by atoms with Crippen LogP contribution < -0.4 is 0 Å².